The molecule has 0 saturated carbocycles. The first-order valence-corrected chi connectivity index (χ1v) is 23.3. The van der Waals surface area contributed by atoms with Crippen LogP contribution < -0.4 is 18.9 Å². The monoisotopic (exact) mass is 1030 g/mol. The van der Waals surface area contributed by atoms with Crippen molar-refractivity contribution in [3.8, 4) is 23.0 Å². The molecule has 8 aromatic rings. The van der Waals surface area contributed by atoms with Crippen molar-refractivity contribution in [3.05, 3.63) is 261 Å². The van der Waals surface area contributed by atoms with Crippen molar-refractivity contribution in [1.82, 2.24) is 0 Å². The van der Waals surface area contributed by atoms with Crippen molar-refractivity contribution in [2.45, 2.75) is 5.41 Å². The molecule has 0 unspecified atom stereocenters. The van der Waals surface area contributed by atoms with E-state index in [9.17, 15) is 38.4 Å². The first-order chi connectivity index (χ1) is 37.3. The second-order valence-corrected chi connectivity index (χ2v) is 16.6. The van der Waals surface area contributed by atoms with Gasteiger partial charge in [-0.3, -0.25) is 0 Å². The summed E-state index contributed by atoms with van der Waals surface area (Å²) in [5.41, 5.74) is 7.04. The van der Waals surface area contributed by atoms with Gasteiger partial charge < -0.3 is 37.9 Å². The summed E-state index contributed by atoms with van der Waals surface area (Å²) in [4.78, 5) is 88.1. The Bertz CT molecular complexity index is 3080. The number of carbonyl (C=O) groups excluding carboxylic acids is 8. The van der Waals surface area contributed by atoms with Crippen LogP contribution in [0, 0.1) is 0 Å². The molecule has 4 aliphatic rings. The van der Waals surface area contributed by atoms with Crippen LogP contribution >= 0.6 is 0 Å². The summed E-state index contributed by atoms with van der Waals surface area (Å²) in [6.07, 6.45) is 0. The SMILES string of the molecule is COc1ccc2c(c1)C(=O)OC2=O.COc1ccc2c(c1)C(=O)OC2=O.COc1ccc2c(c1)C(=O)OC2=O.COc1ccc2c(c1)C(=O)OC2=O.c1ccc(C(c2ccccc2)(c2ccccc2)c2ccccc2)cc1. The molecule has 384 valence electrons. The molecule has 0 radical (unpaired) electrons. The lowest BCUT2D eigenvalue weighted by Gasteiger charge is -2.36. The van der Waals surface area contributed by atoms with E-state index in [1.165, 1.54) is 99.2 Å². The van der Waals surface area contributed by atoms with E-state index in [2.05, 4.69) is 140 Å². The Hall–Kier alpha value is -10.5. The molecule has 0 N–H and O–H groups in total. The summed E-state index contributed by atoms with van der Waals surface area (Å²) < 4.78 is 37.2. The summed E-state index contributed by atoms with van der Waals surface area (Å²) >= 11 is 0. The number of benzene rings is 8. The number of rotatable bonds is 8. The lowest BCUT2D eigenvalue weighted by Crippen LogP contribution is -2.30. The molecule has 0 bridgehead atoms. The van der Waals surface area contributed by atoms with Crippen LogP contribution in [0.5, 0.6) is 23.0 Å². The van der Waals surface area contributed by atoms with Crippen molar-refractivity contribution in [1.29, 1.82) is 0 Å². The highest BCUT2D eigenvalue weighted by atomic mass is 16.6. The molecule has 16 heteroatoms. The first kappa shape index (κ1) is 52.8. The quantitative estimate of drug-likeness (QED) is 0.0600. The van der Waals surface area contributed by atoms with Gasteiger partial charge in [-0.25, -0.2) is 38.4 Å². The van der Waals surface area contributed by atoms with Gasteiger partial charge in [0.1, 0.15) is 23.0 Å². The first-order valence-electron chi connectivity index (χ1n) is 23.3. The molecule has 12 rings (SSSR count). The average Bonchev–Trinajstić information content (AvgIpc) is 4.15. The molecule has 0 aliphatic carbocycles. The molecule has 4 aliphatic heterocycles. The molecule has 0 saturated heterocycles. The largest absolute Gasteiger partial charge is 0.497 e. The Balaban J connectivity index is 0.000000132. The molecule has 0 aromatic heterocycles. The number of ether oxygens (including phenoxy) is 8. The van der Waals surface area contributed by atoms with Crippen molar-refractivity contribution in [2.75, 3.05) is 28.4 Å². The highest BCUT2D eigenvalue weighted by Gasteiger charge is 2.38. The Morgan fingerprint density at radius 3 is 0.610 bits per heavy atom. The Labute approximate surface area is 440 Å². The van der Waals surface area contributed by atoms with E-state index in [0.29, 0.717) is 45.3 Å². The van der Waals surface area contributed by atoms with Crippen molar-refractivity contribution >= 4 is 47.8 Å². The molecule has 0 fully saturated rings. The Morgan fingerprint density at radius 1 is 0.247 bits per heavy atom. The van der Waals surface area contributed by atoms with E-state index in [-0.39, 0.29) is 27.7 Å². The highest BCUT2D eigenvalue weighted by Crippen LogP contribution is 2.45. The number of hydrogen-bond acceptors (Lipinski definition) is 16. The fourth-order valence-electron chi connectivity index (χ4n) is 8.52. The topological polar surface area (TPSA) is 210 Å². The van der Waals surface area contributed by atoms with E-state index in [1.54, 1.807) is 24.3 Å². The van der Waals surface area contributed by atoms with E-state index in [1.807, 2.05) is 0 Å². The normalized spacial score (nSPS) is 13.0. The van der Waals surface area contributed by atoms with Crippen LogP contribution in [0.3, 0.4) is 0 Å². The van der Waals surface area contributed by atoms with Crippen LogP contribution in [0.25, 0.3) is 0 Å². The number of hydrogen-bond donors (Lipinski definition) is 0. The van der Waals surface area contributed by atoms with Crippen LogP contribution in [-0.2, 0) is 24.4 Å². The zero-order valence-electron chi connectivity index (χ0n) is 41.5. The molecule has 0 amide bonds. The van der Waals surface area contributed by atoms with Gasteiger partial charge in [-0.05, 0) is 95.1 Å². The van der Waals surface area contributed by atoms with Gasteiger partial charge >= 0.3 is 47.8 Å². The number of esters is 8. The third kappa shape index (κ3) is 11.2. The predicted octanol–water partition coefficient (Wildman–Crippen LogP) is 10.1. The second-order valence-electron chi connectivity index (χ2n) is 16.6. The number of fused-ring (bicyclic) bond motifs is 4. The zero-order chi connectivity index (χ0) is 54.6. The maximum Gasteiger partial charge on any atom is 0.347 e. The fraction of sp³-hybridized carbons (Fsp3) is 0.0820. The van der Waals surface area contributed by atoms with Crippen LogP contribution in [0.2, 0.25) is 0 Å². The lowest BCUT2D eigenvalue weighted by molar-refractivity contribution is 0.0425. The molecular weight excluding hydrogens is 989 g/mol. The number of methoxy groups -OCH3 is 4. The number of cyclic esters (lactones) is 8. The average molecular weight is 1030 g/mol. The number of carbonyl (C=O) groups is 8. The van der Waals surface area contributed by atoms with Gasteiger partial charge in [0, 0.05) is 0 Å². The van der Waals surface area contributed by atoms with Gasteiger partial charge in [-0.15, -0.1) is 0 Å². The maximum absolute atomic E-state index is 11.0. The minimum Gasteiger partial charge on any atom is -0.497 e. The van der Waals surface area contributed by atoms with Crippen LogP contribution in [-0.4, -0.2) is 76.2 Å². The molecule has 4 heterocycles. The summed E-state index contributed by atoms with van der Waals surface area (Å²) in [6, 6.07) is 61.6. The van der Waals surface area contributed by atoms with Gasteiger partial charge in [0.2, 0.25) is 0 Å². The zero-order valence-corrected chi connectivity index (χ0v) is 41.5. The Kier molecular flexibility index (Phi) is 16.2. The van der Waals surface area contributed by atoms with Gasteiger partial charge in [0.25, 0.3) is 0 Å². The van der Waals surface area contributed by atoms with Crippen molar-refractivity contribution < 1.29 is 76.3 Å². The van der Waals surface area contributed by atoms with Crippen LogP contribution in [0.4, 0.5) is 0 Å². The fourth-order valence-corrected chi connectivity index (χ4v) is 8.52. The van der Waals surface area contributed by atoms with Crippen LogP contribution in [0.1, 0.15) is 105 Å². The van der Waals surface area contributed by atoms with Gasteiger partial charge in [0.15, 0.2) is 0 Å². The van der Waals surface area contributed by atoms with Gasteiger partial charge in [0.05, 0.1) is 78.4 Å². The van der Waals surface area contributed by atoms with Crippen molar-refractivity contribution in [2.24, 2.45) is 0 Å². The molecular formula is C61H44O16. The third-order valence-corrected chi connectivity index (χ3v) is 12.2. The standard InChI is InChI=1S/C25H20.4C9H6O4/c1-5-13-21(14-6-1)25(22-15-7-2-8-16-22,23-17-9-3-10-18-23)24-19-11-4-12-20-24;4*1-12-5-2-3-6-7(4-5)9(11)13-8(6)10/h1-20H;4*2-4H,1H3. The third-order valence-electron chi connectivity index (χ3n) is 12.2. The molecule has 16 nitrogen and oxygen atoms in total. The maximum atomic E-state index is 11.0. The van der Waals surface area contributed by atoms with E-state index in [4.69, 9.17) is 18.9 Å². The molecule has 0 atom stereocenters. The summed E-state index contributed by atoms with van der Waals surface area (Å²) in [6.45, 7) is 0. The highest BCUT2D eigenvalue weighted by molar-refractivity contribution is 6.17. The predicted molar refractivity (Wildman–Crippen MR) is 276 cm³/mol. The van der Waals surface area contributed by atoms with Crippen LogP contribution in [0.15, 0.2) is 194 Å². The minimum absolute atomic E-state index is 0.268. The summed E-state index contributed by atoms with van der Waals surface area (Å²) in [7, 11) is 5.96. The minimum atomic E-state index is -0.612. The molecule has 77 heavy (non-hydrogen) atoms. The summed E-state index contributed by atoms with van der Waals surface area (Å²) in [5.74, 6) is -2.70. The van der Waals surface area contributed by atoms with E-state index in [0.717, 1.165) is 0 Å². The van der Waals surface area contributed by atoms with E-state index < -0.39 is 47.8 Å². The molecule has 8 aromatic carbocycles. The van der Waals surface area contributed by atoms with Gasteiger partial charge in [-0.2, -0.15) is 0 Å². The Morgan fingerprint density at radius 2 is 0.429 bits per heavy atom. The van der Waals surface area contributed by atoms with Gasteiger partial charge in [-0.1, -0.05) is 121 Å². The lowest BCUT2D eigenvalue weighted by atomic mass is 9.65. The van der Waals surface area contributed by atoms with E-state index >= 15 is 0 Å². The smallest absolute Gasteiger partial charge is 0.347 e. The van der Waals surface area contributed by atoms with Crippen molar-refractivity contribution in [3.63, 3.8) is 0 Å². The second kappa shape index (κ2) is 23.6. The molecule has 0 spiro atoms. The summed E-state index contributed by atoms with van der Waals surface area (Å²) in [5, 5.41) is 0.